The fourth-order valence-electron chi connectivity index (χ4n) is 6.57. The molecule has 2 saturated heterocycles. The fraction of sp³-hybridized carbons (Fsp3) is 0.625. The van der Waals surface area contributed by atoms with Crippen LogP contribution in [0.5, 0.6) is 5.75 Å². The van der Waals surface area contributed by atoms with Crippen molar-refractivity contribution in [2.45, 2.75) is 75.7 Å². The number of ether oxygens (including phenoxy) is 2. The Kier molecular flexibility index (Phi) is 3.86. The van der Waals surface area contributed by atoms with Gasteiger partial charge in [-0.1, -0.05) is 24.3 Å². The Morgan fingerprint density at radius 2 is 1.94 bits per heavy atom. The van der Waals surface area contributed by atoms with Gasteiger partial charge in [0.25, 0.3) is 0 Å². The third-order valence-electron chi connectivity index (χ3n) is 8.79. The maximum Gasteiger partial charge on any atom is 0.498 e. The summed E-state index contributed by atoms with van der Waals surface area (Å²) >= 11 is 0. The molecule has 2 bridgehead atoms. The molecule has 2 fully saturated rings. The van der Waals surface area contributed by atoms with E-state index in [0.717, 1.165) is 30.5 Å². The predicted octanol–water partition coefficient (Wildman–Crippen LogP) is 2.96. The van der Waals surface area contributed by atoms with Crippen molar-refractivity contribution in [2.24, 2.45) is 5.92 Å². The molecule has 7 heteroatoms. The largest absolute Gasteiger partial charge is 0.498 e. The number of methoxy groups -OCH3 is 1. The average Bonchev–Trinajstić information content (AvgIpc) is 3.16. The quantitative estimate of drug-likeness (QED) is 0.514. The summed E-state index contributed by atoms with van der Waals surface area (Å²) in [5.41, 5.74) is 2.72. The van der Waals surface area contributed by atoms with Gasteiger partial charge in [-0.15, -0.1) is 0 Å². The Morgan fingerprint density at radius 1 is 1.19 bits per heavy atom. The van der Waals surface area contributed by atoms with Gasteiger partial charge in [0.1, 0.15) is 11.9 Å². The van der Waals surface area contributed by atoms with E-state index < -0.39 is 18.3 Å². The highest BCUT2D eigenvalue weighted by Crippen LogP contribution is 2.60. The van der Waals surface area contributed by atoms with E-state index in [1.165, 1.54) is 18.2 Å². The number of amides is 1. The second kappa shape index (κ2) is 6.07. The van der Waals surface area contributed by atoms with Gasteiger partial charge in [0, 0.05) is 41.4 Å². The molecule has 0 N–H and O–H groups in total. The minimum Gasteiger partial charge on any atom is -0.489 e. The summed E-state index contributed by atoms with van der Waals surface area (Å²) < 4.78 is 24.6. The minimum absolute atomic E-state index is 0.0856. The molecule has 1 aromatic carbocycles. The van der Waals surface area contributed by atoms with Crippen LogP contribution in [-0.4, -0.2) is 55.1 Å². The van der Waals surface area contributed by atoms with Gasteiger partial charge in [0.15, 0.2) is 0 Å². The number of carbonyl (C=O) groups is 1. The third-order valence-corrected chi connectivity index (χ3v) is 8.79. The molecule has 4 atom stereocenters. The maximum absolute atomic E-state index is 12.5. The number of carbonyl (C=O) groups excluding carboxylic acids is 1. The average molecular weight is 423 g/mol. The normalized spacial score (nSPS) is 35.6. The van der Waals surface area contributed by atoms with E-state index in [-0.39, 0.29) is 29.6 Å². The predicted molar refractivity (Wildman–Crippen MR) is 117 cm³/mol. The number of rotatable bonds is 1. The first-order valence-electron chi connectivity index (χ1n) is 11.4. The Hall–Kier alpha value is -1.99. The molecule has 3 heterocycles. The molecule has 3 unspecified atom stereocenters. The lowest BCUT2D eigenvalue weighted by Crippen LogP contribution is -2.64. The zero-order chi connectivity index (χ0) is 21.8. The molecule has 5 aliphatic rings. The van der Waals surface area contributed by atoms with Crippen LogP contribution in [0.3, 0.4) is 0 Å². The SMILES string of the molecule is COC(=O)N1CCC23c4c5ccc(B6OC(C)(C)C(C)(C)O6)c4O[C@H]2CC=CC3C1C5. The van der Waals surface area contributed by atoms with Crippen molar-refractivity contribution in [3.8, 4) is 5.75 Å². The first kappa shape index (κ1) is 19.7. The van der Waals surface area contributed by atoms with Crippen LogP contribution < -0.4 is 10.2 Å². The van der Waals surface area contributed by atoms with Gasteiger partial charge in [0.2, 0.25) is 0 Å². The second-order valence-electron chi connectivity index (χ2n) is 10.6. The van der Waals surface area contributed by atoms with Crippen molar-refractivity contribution < 1.29 is 23.6 Å². The standard InChI is InChI=1S/C24H30BNO5/c1-22(2)23(3,4)31-25(30-22)16-10-9-14-13-17-15-7-6-8-18-24(15,19(14)20(16)29-18)11-12-26(17)21(27)28-5/h6-7,9-10,15,17-18H,8,11-13H2,1-5H3/t15?,17?,18-,24?/m0/s1. The molecule has 1 aromatic rings. The smallest absolute Gasteiger partial charge is 0.489 e. The summed E-state index contributed by atoms with van der Waals surface area (Å²) in [6, 6.07) is 4.41. The van der Waals surface area contributed by atoms with Crippen molar-refractivity contribution in [1.82, 2.24) is 4.90 Å². The molecule has 1 spiro atoms. The van der Waals surface area contributed by atoms with E-state index in [2.05, 4.69) is 52.0 Å². The van der Waals surface area contributed by atoms with Gasteiger partial charge in [-0.2, -0.15) is 0 Å². The summed E-state index contributed by atoms with van der Waals surface area (Å²) in [7, 11) is 1.03. The van der Waals surface area contributed by atoms with Gasteiger partial charge >= 0.3 is 13.2 Å². The maximum atomic E-state index is 12.5. The van der Waals surface area contributed by atoms with Crippen LogP contribution in [0.2, 0.25) is 0 Å². The van der Waals surface area contributed by atoms with E-state index >= 15 is 0 Å². The third kappa shape index (κ3) is 2.34. The van der Waals surface area contributed by atoms with E-state index in [9.17, 15) is 4.79 Å². The first-order chi connectivity index (χ1) is 14.7. The highest BCUT2D eigenvalue weighted by atomic mass is 16.7. The minimum atomic E-state index is -0.443. The molecule has 164 valence electrons. The van der Waals surface area contributed by atoms with Crippen LogP contribution >= 0.6 is 0 Å². The van der Waals surface area contributed by atoms with E-state index in [1.807, 2.05) is 4.90 Å². The number of nitrogens with zero attached hydrogens (tertiary/aromatic N) is 1. The summed E-state index contributed by atoms with van der Waals surface area (Å²) in [6.07, 6.45) is 6.98. The Labute approximate surface area is 184 Å². The summed E-state index contributed by atoms with van der Waals surface area (Å²) in [5.74, 6) is 1.20. The molecule has 0 aromatic heterocycles. The molecule has 31 heavy (non-hydrogen) atoms. The van der Waals surface area contributed by atoms with Gasteiger partial charge in [-0.3, -0.25) is 0 Å². The molecule has 6 rings (SSSR count). The Morgan fingerprint density at radius 3 is 2.65 bits per heavy atom. The highest BCUT2D eigenvalue weighted by molar-refractivity contribution is 6.63. The number of piperidine rings is 1. The van der Waals surface area contributed by atoms with Crippen molar-refractivity contribution in [2.75, 3.05) is 13.7 Å². The molecule has 2 aliphatic carbocycles. The van der Waals surface area contributed by atoms with Crippen molar-refractivity contribution in [3.63, 3.8) is 0 Å². The number of hydrogen-bond donors (Lipinski definition) is 0. The molecular weight excluding hydrogens is 393 g/mol. The molecule has 6 nitrogen and oxygen atoms in total. The van der Waals surface area contributed by atoms with Crippen LogP contribution in [0.25, 0.3) is 0 Å². The fourth-order valence-corrected chi connectivity index (χ4v) is 6.57. The van der Waals surface area contributed by atoms with Gasteiger partial charge in [0.05, 0.1) is 18.3 Å². The van der Waals surface area contributed by atoms with E-state index in [4.69, 9.17) is 18.8 Å². The zero-order valence-electron chi connectivity index (χ0n) is 18.9. The lowest BCUT2D eigenvalue weighted by atomic mass is 9.53. The molecule has 3 aliphatic heterocycles. The van der Waals surface area contributed by atoms with Crippen molar-refractivity contribution in [3.05, 3.63) is 35.4 Å². The van der Waals surface area contributed by atoms with Crippen molar-refractivity contribution >= 4 is 18.7 Å². The van der Waals surface area contributed by atoms with Crippen LogP contribution in [0.4, 0.5) is 4.79 Å². The molecule has 0 saturated carbocycles. The van der Waals surface area contributed by atoms with Gasteiger partial charge < -0.3 is 23.7 Å². The first-order valence-corrected chi connectivity index (χ1v) is 11.4. The topological polar surface area (TPSA) is 57.2 Å². The monoisotopic (exact) mass is 423 g/mol. The molecule has 0 radical (unpaired) electrons. The number of hydrogen-bond acceptors (Lipinski definition) is 5. The van der Waals surface area contributed by atoms with Crippen LogP contribution in [-0.2, 0) is 25.9 Å². The lowest BCUT2D eigenvalue weighted by molar-refractivity contribution is -0.00634. The second-order valence-corrected chi connectivity index (χ2v) is 10.6. The lowest BCUT2D eigenvalue weighted by Gasteiger charge is -2.56. The van der Waals surface area contributed by atoms with Crippen molar-refractivity contribution in [1.29, 1.82) is 0 Å². The van der Waals surface area contributed by atoms with Crippen LogP contribution in [0.15, 0.2) is 24.3 Å². The van der Waals surface area contributed by atoms with E-state index in [0.29, 0.717) is 6.54 Å². The Balaban J connectivity index is 1.48. The van der Waals surface area contributed by atoms with Crippen LogP contribution in [0.1, 0.15) is 51.7 Å². The summed E-state index contributed by atoms with van der Waals surface area (Å²) in [6.45, 7) is 9.02. The summed E-state index contributed by atoms with van der Waals surface area (Å²) in [4.78, 5) is 14.4. The molecule has 1 amide bonds. The zero-order valence-corrected chi connectivity index (χ0v) is 18.9. The van der Waals surface area contributed by atoms with Crippen LogP contribution in [0, 0.1) is 5.92 Å². The number of likely N-dealkylation sites (tertiary alicyclic amines) is 1. The van der Waals surface area contributed by atoms with Gasteiger partial charge in [-0.05, 0) is 46.1 Å². The van der Waals surface area contributed by atoms with Gasteiger partial charge in [-0.25, -0.2) is 4.79 Å². The van der Waals surface area contributed by atoms with E-state index in [1.54, 1.807) is 0 Å². The highest BCUT2D eigenvalue weighted by Gasteiger charge is 2.64. The number of benzene rings is 1. The Bertz CT molecular complexity index is 988. The molecular formula is C24H30BNO5. The summed E-state index contributed by atoms with van der Waals surface area (Å²) in [5, 5.41) is 0.